The van der Waals surface area contributed by atoms with Crippen LogP contribution in [0.5, 0.6) is 5.75 Å². The van der Waals surface area contributed by atoms with E-state index in [9.17, 15) is 17.6 Å². The molecule has 0 amide bonds. The highest BCUT2D eigenvalue weighted by atomic mass is 32.2. The summed E-state index contributed by atoms with van der Waals surface area (Å²) in [5.41, 5.74) is 2.70. The normalized spacial score (nSPS) is 16.3. The molecule has 2 aromatic carbocycles. The Bertz CT molecular complexity index is 1710. The van der Waals surface area contributed by atoms with E-state index in [0.29, 0.717) is 67.0 Å². The van der Waals surface area contributed by atoms with Gasteiger partial charge in [-0.05, 0) is 54.5 Å². The Balaban J connectivity index is 1.16. The molecule has 10 nitrogen and oxygen atoms in total. The van der Waals surface area contributed by atoms with Gasteiger partial charge in [-0.2, -0.15) is 4.31 Å². The quantitative estimate of drug-likeness (QED) is 0.306. The van der Waals surface area contributed by atoms with Crippen LogP contribution in [0.1, 0.15) is 42.7 Å². The molecular formula is C29H32FN5O5S. The van der Waals surface area contributed by atoms with Crippen molar-refractivity contribution in [2.75, 3.05) is 26.3 Å². The number of halogens is 1. The summed E-state index contributed by atoms with van der Waals surface area (Å²) < 4.78 is 54.9. The molecule has 2 aliphatic heterocycles. The SMILES string of the molecule is CC(C)COC(=O)c1[nH]c2ccc(F)cc2c1-c1cn(CC2CCN(S(=O)(=O)c3ccc4c(c3)OCC4)CC2)nn1. The van der Waals surface area contributed by atoms with Gasteiger partial charge in [0.05, 0.1) is 24.3 Å². The number of benzene rings is 2. The lowest BCUT2D eigenvalue weighted by atomic mass is 9.98. The molecule has 1 fully saturated rings. The molecule has 4 heterocycles. The molecule has 41 heavy (non-hydrogen) atoms. The van der Waals surface area contributed by atoms with Crippen LogP contribution in [0.15, 0.2) is 47.5 Å². The Kier molecular flexibility index (Phi) is 7.28. The molecule has 6 rings (SSSR count). The van der Waals surface area contributed by atoms with Gasteiger partial charge in [-0.15, -0.1) is 5.10 Å². The number of ether oxygens (including phenoxy) is 2. The van der Waals surface area contributed by atoms with Gasteiger partial charge in [0.1, 0.15) is 23.0 Å². The molecule has 1 N–H and O–H groups in total. The van der Waals surface area contributed by atoms with Crippen LogP contribution in [0.2, 0.25) is 0 Å². The molecule has 0 spiro atoms. The van der Waals surface area contributed by atoms with Crippen LogP contribution in [-0.4, -0.2) is 65.0 Å². The number of H-pyrrole nitrogens is 1. The van der Waals surface area contributed by atoms with Gasteiger partial charge in [0.2, 0.25) is 10.0 Å². The molecule has 4 aromatic rings. The van der Waals surface area contributed by atoms with Crippen molar-refractivity contribution in [2.45, 2.75) is 44.6 Å². The van der Waals surface area contributed by atoms with Crippen molar-refractivity contribution in [1.82, 2.24) is 24.3 Å². The number of carbonyl (C=O) groups excluding carboxylic acids is 1. The van der Waals surface area contributed by atoms with E-state index in [1.54, 1.807) is 29.1 Å². The Labute approximate surface area is 237 Å². The molecule has 0 aliphatic carbocycles. The number of rotatable bonds is 8. The van der Waals surface area contributed by atoms with Crippen molar-refractivity contribution in [2.24, 2.45) is 11.8 Å². The predicted molar refractivity (Wildman–Crippen MR) is 150 cm³/mol. The topological polar surface area (TPSA) is 119 Å². The standard InChI is InChI=1S/C29H32FN5O5S/c1-18(2)17-40-29(36)28-27(23-13-21(30)4-6-24(23)31-28)25-16-34(33-32-25)15-19-7-10-35(11-8-19)41(37,38)22-5-3-20-9-12-39-26(20)14-22/h3-6,13-14,16,18-19,31H,7-12,15,17H2,1-2H3. The number of sulfonamides is 1. The van der Waals surface area contributed by atoms with Gasteiger partial charge in [0.25, 0.3) is 0 Å². The first-order valence-corrected chi connectivity index (χ1v) is 15.3. The van der Waals surface area contributed by atoms with Crippen molar-refractivity contribution in [3.63, 3.8) is 0 Å². The van der Waals surface area contributed by atoms with Gasteiger partial charge in [0, 0.05) is 48.6 Å². The first kappa shape index (κ1) is 27.4. The van der Waals surface area contributed by atoms with Crippen molar-refractivity contribution in [3.8, 4) is 17.0 Å². The summed E-state index contributed by atoms with van der Waals surface area (Å²) in [7, 11) is -3.61. The van der Waals surface area contributed by atoms with Crippen molar-refractivity contribution < 1.29 is 27.1 Å². The molecule has 2 aliphatic rings. The second-order valence-corrected chi connectivity index (χ2v) is 13.0. The second-order valence-electron chi connectivity index (χ2n) is 11.1. The van der Waals surface area contributed by atoms with Crippen molar-refractivity contribution in [1.29, 1.82) is 0 Å². The first-order valence-electron chi connectivity index (χ1n) is 13.8. The number of nitrogens with one attached hydrogen (secondary N) is 1. The second kappa shape index (κ2) is 10.9. The number of esters is 1. The lowest BCUT2D eigenvalue weighted by Gasteiger charge is -2.31. The number of hydrogen-bond acceptors (Lipinski definition) is 7. The molecule has 0 bridgehead atoms. The monoisotopic (exact) mass is 581 g/mol. The molecule has 1 saturated heterocycles. The largest absolute Gasteiger partial charge is 0.493 e. The Hall–Kier alpha value is -3.77. The van der Waals surface area contributed by atoms with E-state index < -0.39 is 21.8 Å². The van der Waals surface area contributed by atoms with Crippen LogP contribution in [0.3, 0.4) is 0 Å². The van der Waals surface area contributed by atoms with Crippen LogP contribution in [0, 0.1) is 17.7 Å². The molecule has 0 radical (unpaired) electrons. The van der Waals surface area contributed by atoms with E-state index in [1.807, 2.05) is 19.9 Å². The summed E-state index contributed by atoms with van der Waals surface area (Å²) >= 11 is 0. The third-order valence-electron chi connectivity index (χ3n) is 7.63. The summed E-state index contributed by atoms with van der Waals surface area (Å²) in [6.07, 6.45) is 3.87. The lowest BCUT2D eigenvalue weighted by molar-refractivity contribution is 0.0454. The third kappa shape index (κ3) is 5.45. The highest BCUT2D eigenvalue weighted by Gasteiger charge is 2.31. The fourth-order valence-electron chi connectivity index (χ4n) is 5.45. The zero-order chi connectivity index (χ0) is 28.7. The van der Waals surface area contributed by atoms with Crippen LogP contribution < -0.4 is 4.74 Å². The average molecular weight is 582 g/mol. The number of carbonyl (C=O) groups is 1. The minimum atomic E-state index is -3.61. The van der Waals surface area contributed by atoms with E-state index >= 15 is 0 Å². The summed E-state index contributed by atoms with van der Waals surface area (Å²) in [5, 5.41) is 9.11. The van der Waals surface area contributed by atoms with Crippen LogP contribution >= 0.6 is 0 Å². The van der Waals surface area contributed by atoms with E-state index in [2.05, 4.69) is 15.3 Å². The van der Waals surface area contributed by atoms with E-state index in [1.165, 1.54) is 16.4 Å². The maximum absolute atomic E-state index is 14.2. The molecular weight excluding hydrogens is 549 g/mol. The highest BCUT2D eigenvalue weighted by molar-refractivity contribution is 7.89. The van der Waals surface area contributed by atoms with Gasteiger partial charge in [-0.3, -0.25) is 4.68 Å². The molecule has 0 unspecified atom stereocenters. The zero-order valence-corrected chi connectivity index (χ0v) is 23.8. The summed E-state index contributed by atoms with van der Waals surface area (Å²) in [6, 6.07) is 9.40. The smallest absolute Gasteiger partial charge is 0.355 e. The number of piperidine rings is 1. The van der Waals surface area contributed by atoms with E-state index in [0.717, 1.165) is 12.0 Å². The van der Waals surface area contributed by atoms with E-state index in [4.69, 9.17) is 9.47 Å². The lowest BCUT2D eigenvalue weighted by Crippen LogP contribution is -2.39. The Morgan fingerprint density at radius 2 is 2.00 bits per heavy atom. The van der Waals surface area contributed by atoms with Gasteiger partial charge in [-0.1, -0.05) is 25.1 Å². The molecule has 12 heteroatoms. The highest BCUT2D eigenvalue weighted by Crippen LogP contribution is 2.34. The minimum absolute atomic E-state index is 0.161. The number of nitrogens with zero attached hydrogens (tertiary/aromatic N) is 4. The van der Waals surface area contributed by atoms with E-state index in [-0.39, 0.29) is 29.0 Å². The van der Waals surface area contributed by atoms with Crippen LogP contribution in [-0.2, 0) is 27.7 Å². The minimum Gasteiger partial charge on any atom is -0.493 e. The zero-order valence-electron chi connectivity index (χ0n) is 23.0. The molecule has 216 valence electrons. The summed E-state index contributed by atoms with van der Waals surface area (Å²) in [6.45, 7) is 6.07. The van der Waals surface area contributed by atoms with Gasteiger partial charge < -0.3 is 14.5 Å². The van der Waals surface area contributed by atoms with Crippen molar-refractivity contribution in [3.05, 3.63) is 59.7 Å². The molecule has 0 atom stereocenters. The van der Waals surface area contributed by atoms with Crippen molar-refractivity contribution >= 4 is 26.9 Å². The fourth-order valence-corrected chi connectivity index (χ4v) is 6.94. The number of fused-ring (bicyclic) bond motifs is 2. The first-order chi connectivity index (χ1) is 19.7. The van der Waals surface area contributed by atoms with Crippen LogP contribution in [0.25, 0.3) is 22.2 Å². The fraction of sp³-hybridized carbons (Fsp3) is 0.414. The average Bonchev–Trinajstić information content (AvgIpc) is 3.69. The Morgan fingerprint density at radius 3 is 2.78 bits per heavy atom. The number of aromatic nitrogens is 4. The molecule has 0 saturated carbocycles. The predicted octanol–water partition coefficient (Wildman–Crippen LogP) is 4.41. The van der Waals surface area contributed by atoms with Gasteiger partial charge in [-0.25, -0.2) is 17.6 Å². The Morgan fingerprint density at radius 1 is 1.20 bits per heavy atom. The summed E-state index contributed by atoms with van der Waals surface area (Å²) in [4.78, 5) is 16.2. The van der Waals surface area contributed by atoms with Gasteiger partial charge >= 0.3 is 5.97 Å². The molecule has 2 aromatic heterocycles. The number of aromatic amines is 1. The number of hydrogen-bond donors (Lipinski definition) is 1. The maximum atomic E-state index is 14.2. The maximum Gasteiger partial charge on any atom is 0.355 e. The third-order valence-corrected chi connectivity index (χ3v) is 9.53. The van der Waals surface area contributed by atoms with Crippen LogP contribution in [0.4, 0.5) is 4.39 Å². The van der Waals surface area contributed by atoms with Gasteiger partial charge in [0.15, 0.2) is 0 Å². The summed E-state index contributed by atoms with van der Waals surface area (Å²) in [5.74, 6) is 0.0335.